The second kappa shape index (κ2) is 4.70. The molecule has 0 N–H and O–H groups in total. The molecule has 0 aliphatic rings. The number of nitrogens with zero attached hydrogens (tertiary/aromatic N) is 2. The SMILES string of the molecule is CCc1sc2nccn2c1-c1ccc(OC)c(C)c1. The Hall–Kier alpha value is -1.81. The lowest BCUT2D eigenvalue weighted by Crippen LogP contribution is -1.91. The van der Waals surface area contributed by atoms with Crippen molar-refractivity contribution in [3.05, 3.63) is 41.0 Å². The Morgan fingerprint density at radius 3 is 2.89 bits per heavy atom. The molecule has 0 spiro atoms. The summed E-state index contributed by atoms with van der Waals surface area (Å²) < 4.78 is 7.50. The first-order chi connectivity index (χ1) is 9.24. The van der Waals surface area contributed by atoms with Gasteiger partial charge in [0.25, 0.3) is 0 Å². The fourth-order valence-electron chi connectivity index (χ4n) is 2.39. The lowest BCUT2D eigenvalue weighted by atomic mass is 10.1. The van der Waals surface area contributed by atoms with Gasteiger partial charge in [0.2, 0.25) is 0 Å². The van der Waals surface area contributed by atoms with E-state index in [2.05, 4.69) is 35.4 Å². The largest absolute Gasteiger partial charge is 0.496 e. The van der Waals surface area contributed by atoms with Crippen LogP contribution < -0.4 is 4.74 Å². The van der Waals surface area contributed by atoms with Gasteiger partial charge in [0.1, 0.15) is 5.75 Å². The fraction of sp³-hybridized carbons (Fsp3) is 0.267. The average molecular weight is 272 g/mol. The van der Waals surface area contributed by atoms with Gasteiger partial charge in [0.15, 0.2) is 4.96 Å². The van der Waals surface area contributed by atoms with Gasteiger partial charge < -0.3 is 4.74 Å². The predicted molar refractivity (Wildman–Crippen MR) is 79.2 cm³/mol. The van der Waals surface area contributed by atoms with Crippen molar-refractivity contribution in [3.8, 4) is 17.0 Å². The monoisotopic (exact) mass is 272 g/mol. The molecular weight excluding hydrogens is 256 g/mol. The minimum Gasteiger partial charge on any atom is -0.496 e. The number of hydrogen-bond donors (Lipinski definition) is 0. The van der Waals surface area contributed by atoms with Gasteiger partial charge in [-0.15, -0.1) is 11.3 Å². The molecule has 0 unspecified atom stereocenters. The molecule has 0 saturated heterocycles. The van der Waals surface area contributed by atoms with Crippen LogP contribution >= 0.6 is 11.3 Å². The van der Waals surface area contributed by atoms with Crippen LogP contribution in [0.4, 0.5) is 0 Å². The molecule has 0 aliphatic heterocycles. The van der Waals surface area contributed by atoms with E-state index >= 15 is 0 Å². The maximum absolute atomic E-state index is 5.33. The number of fused-ring (bicyclic) bond motifs is 1. The summed E-state index contributed by atoms with van der Waals surface area (Å²) in [7, 11) is 1.71. The van der Waals surface area contributed by atoms with Gasteiger partial charge in [0.05, 0.1) is 12.8 Å². The quantitative estimate of drug-likeness (QED) is 0.722. The zero-order valence-corrected chi connectivity index (χ0v) is 12.1. The lowest BCUT2D eigenvalue weighted by molar-refractivity contribution is 0.412. The van der Waals surface area contributed by atoms with Gasteiger partial charge in [-0.2, -0.15) is 0 Å². The highest BCUT2D eigenvalue weighted by atomic mass is 32.1. The molecule has 3 aromatic rings. The van der Waals surface area contributed by atoms with E-state index in [9.17, 15) is 0 Å². The first-order valence-corrected chi connectivity index (χ1v) is 7.16. The number of hydrogen-bond acceptors (Lipinski definition) is 3. The molecule has 3 rings (SSSR count). The number of thiazole rings is 1. The van der Waals surface area contributed by atoms with Gasteiger partial charge in [-0.1, -0.05) is 6.92 Å². The Labute approximate surface area is 116 Å². The summed E-state index contributed by atoms with van der Waals surface area (Å²) in [6.45, 7) is 4.26. The molecule has 19 heavy (non-hydrogen) atoms. The number of benzene rings is 1. The van der Waals surface area contributed by atoms with Crippen LogP contribution in [0, 0.1) is 6.92 Å². The molecule has 0 atom stereocenters. The van der Waals surface area contributed by atoms with Gasteiger partial charge >= 0.3 is 0 Å². The second-order valence-electron chi connectivity index (χ2n) is 4.49. The number of rotatable bonds is 3. The van der Waals surface area contributed by atoms with Crippen LogP contribution in [0.15, 0.2) is 30.6 Å². The highest BCUT2D eigenvalue weighted by Crippen LogP contribution is 2.33. The molecule has 0 amide bonds. The van der Waals surface area contributed by atoms with Crippen LogP contribution in [0.2, 0.25) is 0 Å². The Morgan fingerprint density at radius 2 is 2.21 bits per heavy atom. The summed E-state index contributed by atoms with van der Waals surface area (Å²) in [6.07, 6.45) is 4.90. The zero-order chi connectivity index (χ0) is 13.4. The molecule has 0 radical (unpaired) electrons. The van der Waals surface area contributed by atoms with E-state index in [0.717, 1.165) is 22.7 Å². The maximum atomic E-state index is 5.33. The molecular formula is C15H16N2OS. The van der Waals surface area contributed by atoms with Crippen LogP contribution in [0.3, 0.4) is 0 Å². The van der Waals surface area contributed by atoms with Crippen molar-refractivity contribution in [2.45, 2.75) is 20.3 Å². The van der Waals surface area contributed by atoms with Crippen LogP contribution in [0.5, 0.6) is 5.75 Å². The molecule has 0 aliphatic carbocycles. The van der Waals surface area contributed by atoms with Gasteiger partial charge in [-0.05, 0) is 37.1 Å². The third-order valence-corrected chi connectivity index (χ3v) is 4.53. The highest BCUT2D eigenvalue weighted by Gasteiger charge is 2.14. The Kier molecular flexibility index (Phi) is 3.03. The highest BCUT2D eigenvalue weighted by molar-refractivity contribution is 7.17. The Balaban J connectivity index is 2.22. The van der Waals surface area contributed by atoms with E-state index in [4.69, 9.17) is 4.74 Å². The summed E-state index contributed by atoms with van der Waals surface area (Å²) in [5.74, 6) is 0.930. The predicted octanol–water partition coefficient (Wildman–Crippen LogP) is 3.94. The Morgan fingerprint density at radius 1 is 1.37 bits per heavy atom. The minimum atomic E-state index is 0.930. The maximum Gasteiger partial charge on any atom is 0.194 e. The van der Waals surface area contributed by atoms with Crippen LogP contribution in [-0.2, 0) is 6.42 Å². The molecule has 0 bridgehead atoms. The average Bonchev–Trinajstić information content (AvgIpc) is 2.98. The standard InChI is InChI=1S/C15H16N2OS/c1-4-13-14(17-8-7-16-15(17)19-13)11-5-6-12(18-3)10(2)9-11/h5-9H,4H2,1-3H3. The van der Waals surface area contributed by atoms with Crippen molar-refractivity contribution in [1.82, 2.24) is 9.38 Å². The van der Waals surface area contributed by atoms with E-state index in [-0.39, 0.29) is 0 Å². The van der Waals surface area contributed by atoms with Gasteiger partial charge in [-0.3, -0.25) is 4.40 Å². The summed E-state index contributed by atoms with van der Waals surface area (Å²) in [4.78, 5) is 6.81. The molecule has 98 valence electrons. The zero-order valence-electron chi connectivity index (χ0n) is 11.3. The van der Waals surface area contributed by atoms with Crippen molar-refractivity contribution >= 4 is 16.3 Å². The normalized spacial score (nSPS) is 11.1. The van der Waals surface area contributed by atoms with Crippen molar-refractivity contribution in [2.75, 3.05) is 7.11 Å². The molecule has 2 heterocycles. The third-order valence-electron chi connectivity index (χ3n) is 3.32. The molecule has 0 fully saturated rings. The first-order valence-electron chi connectivity index (χ1n) is 6.34. The van der Waals surface area contributed by atoms with Crippen molar-refractivity contribution in [1.29, 1.82) is 0 Å². The molecule has 1 aromatic carbocycles. The van der Waals surface area contributed by atoms with Crippen LogP contribution in [0.1, 0.15) is 17.4 Å². The van der Waals surface area contributed by atoms with E-state index in [0.29, 0.717) is 0 Å². The van der Waals surface area contributed by atoms with E-state index in [1.54, 1.807) is 18.4 Å². The third kappa shape index (κ3) is 1.92. The summed E-state index contributed by atoms with van der Waals surface area (Å²) in [5.41, 5.74) is 3.63. The van der Waals surface area contributed by atoms with Crippen molar-refractivity contribution < 1.29 is 4.74 Å². The summed E-state index contributed by atoms with van der Waals surface area (Å²) in [6, 6.07) is 6.33. The van der Waals surface area contributed by atoms with E-state index in [1.807, 2.05) is 18.5 Å². The number of aryl methyl sites for hydroxylation is 2. The lowest BCUT2D eigenvalue weighted by Gasteiger charge is -2.08. The molecule has 0 saturated carbocycles. The number of imidazole rings is 1. The van der Waals surface area contributed by atoms with Gasteiger partial charge in [-0.25, -0.2) is 4.98 Å². The van der Waals surface area contributed by atoms with E-state index in [1.165, 1.54) is 16.1 Å². The molecule has 3 nitrogen and oxygen atoms in total. The van der Waals surface area contributed by atoms with Crippen LogP contribution in [-0.4, -0.2) is 16.5 Å². The smallest absolute Gasteiger partial charge is 0.194 e. The van der Waals surface area contributed by atoms with Crippen molar-refractivity contribution in [2.24, 2.45) is 0 Å². The number of methoxy groups -OCH3 is 1. The van der Waals surface area contributed by atoms with Crippen molar-refractivity contribution in [3.63, 3.8) is 0 Å². The molecule has 2 aromatic heterocycles. The van der Waals surface area contributed by atoms with Gasteiger partial charge in [0, 0.05) is 22.8 Å². The molecule has 4 heteroatoms. The number of ether oxygens (including phenoxy) is 1. The minimum absolute atomic E-state index is 0.930. The fourth-order valence-corrected chi connectivity index (χ4v) is 3.44. The summed E-state index contributed by atoms with van der Waals surface area (Å²) >= 11 is 1.76. The summed E-state index contributed by atoms with van der Waals surface area (Å²) in [5, 5.41) is 0. The first kappa shape index (κ1) is 12.2. The number of aromatic nitrogens is 2. The van der Waals surface area contributed by atoms with Crippen LogP contribution in [0.25, 0.3) is 16.2 Å². The second-order valence-corrected chi connectivity index (χ2v) is 5.55. The topological polar surface area (TPSA) is 26.5 Å². The Bertz CT molecular complexity index is 727. The van der Waals surface area contributed by atoms with E-state index < -0.39 is 0 Å².